The first-order valence-corrected chi connectivity index (χ1v) is 8.49. The Bertz CT molecular complexity index is 509. The van der Waals surface area contributed by atoms with Crippen LogP contribution in [-0.2, 0) is 22.7 Å². The highest BCUT2D eigenvalue weighted by atomic mass is 32.2. The summed E-state index contributed by atoms with van der Waals surface area (Å²) in [6.07, 6.45) is 3.90. The van der Waals surface area contributed by atoms with Gasteiger partial charge in [0.15, 0.2) is 0 Å². The fraction of sp³-hybridized carbons (Fsp3) is 0.571. The number of fused-ring (bicyclic) bond motifs is 1. The molecule has 0 unspecified atom stereocenters. The molecule has 4 heteroatoms. The van der Waals surface area contributed by atoms with Crippen molar-refractivity contribution in [2.24, 2.45) is 0 Å². The van der Waals surface area contributed by atoms with E-state index in [9.17, 15) is 8.42 Å². The summed E-state index contributed by atoms with van der Waals surface area (Å²) < 4.78 is 22.8. The van der Waals surface area contributed by atoms with Gasteiger partial charge in [0.25, 0.3) is 0 Å². The number of rotatable bonds is 5. The van der Waals surface area contributed by atoms with E-state index in [1.54, 1.807) is 6.92 Å². The standard InChI is InChI=1S/C14H21NO2S/c1-2-18(16,17)10-4-5-12-7-8-13-6-3-9-15-14(13)11-12/h7-8,11,15H,2-6,9-10H2,1H3. The maximum absolute atomic E-state index is 11.4. The molecule has 100 valence electrons. The van der Waals surface area contributed by atoms with Crippen LogP contribution in [0.5, 0.6) is 0 Å². The van der Waals surface area contributed by atoms with Crippen molar-refractivity contribution in [1.82, 2.24) is 0 Å². The van der Waals surface area contributed by atoms with E-state index >= 15 is 0 Å². The molecule has 18 heavy (non-hydrogen) atoms. The van der Waals surface area contributed by atoms with E-state index in [1.807, 2.05) is 0 Å². The zero-order valence-electron chi connectivity index (χ0n) is 10.9. The minimum absolute atomic E-state index is 0.249. The van der Waals surface area contributed by atoms with Gasteiger partial charge in [-0.05, 0) is 42.9 Å². The van der Waals surface area contributed by atoms with Crippen molar-refractivity contribution in [3.8, 4) is 0 Å². The predicted octanol–water partition coefficient (Wildman–Crippen LogP) is 2.41. The van der Waals surface area contributed by atoms with Crippen LogP contribution >= 0.6 is 0 Å². The maximum atomic E-state index is 11.4. The fourth-order valence-electron chi connectivity index (χ4n) is 2.30. The van der Waals surface area contributed by atoms with Crippen LogP contribution in [0.4, 0.5) is 5.69 Å². The third-order valence-electron chi connectivity index (χ3n) is 3.47. The van der Waals surface area contributed by atoms with Gasteiger partial charge in [-0.2, -0.15) is 0 Å². The first-order chi connectivity index (χ1) is 8.61. The number of sulfone groups is 1. The first-order valence-electron chi connectivity index (χ1n) is 6.67. The number of aryl methyl sites for hydroxylation is 2. The third-order valence-corrected chi connectivity index (χ3v) is 5.26. The summed E-state index contributed by atoms with van der Waals surface area (Å²) in [4.78, 5) is 0. The Kier molecular flexibility index (Phi) is 4.27. The Labute approximate surface area is 110 Å². The Morgan fingerprint density at radius 3 is 2.94 bits per heavy atom. The second-order valence-electron chi connectivity index (χ2n) is 4.86. The van der Waals surface area contributed by atoms with Gasteiger partial charge >= 0.3 is 0 Å². The molecule has 0 amide bonds. The van der Waals surface area contributed by atoms with Gasteiger partial charge in [0.2, 0.25) is 0 Å². The van der Waals surface area contributed by atoms with Gasteiger partial charge in [-0.1, -0.05) is 19.1 Å². The lowest BCUT2D eigenvalue weighted by Gasteiger charge is -2.18. The second kappa shape index (κ2) is 5.74. The quantitative estimate of drug-likeness (QED) is 0.891. The van der Waals surface area contributed by atoms with Crippen LogP contribution in [0.3, 0.4) is 0 Å². The van der Waals surface area contributed by atoms with E-state index in [0.29, 0.717) is 5.75 Å². The Morgan fingerprint density at radius 2 is 2.17 bits per heavy atom. The summed E-state index contributed by atoms with van der Waals surface area (Å²) in [7, 11) is -2.82. The zero-order chi connectivity index (χ0) is 13.0. The third kappa shape index (κ3) is 3.48. The van der Waals surface area contributed by atoms with Gasteiger partial charge in [-0.25, -0.2) is 8.42 Å². The molecule has 0 bridgehead atoms. The van der Waals surface area contributed by atoms with E-state index in [-0.39, 0.29) is 5.75 Å². The Balaban J connectivity index is 1.94. The first kappa shape index (κ1) is 13.4. The Morgan fingerprint density at radius 1 is 1.33 bits per heavy atom. The molecule has 1 aliphatic rings. The van der Waals surface area contributed by atoms with Crippen LogP contribution in [0.2, 0.25) is 0 Å². The molecule has 1 aromatic rings. The maximum Gasteiger partial charge on any atom is 0.150 e. The van der Waals surface area contributed by atoms with Crippen LogP contribution in [-0.4, -0.2) is 26.5 Å². The molecule has 1 N–H and O–H groups in total. The molecular weight excluding hydrogens is 246 g/mol. The second-order valence-corrected chi connectivity index (χ2v) is 7.33. The molecule has 0 aromatic heterocycles. The van der Waals surface area contributed by atoms with Gasteiger partial charge in [0.05, 0.1) is 5.75 Å². The molecule has 2 rings (SSSR count). The molecular formula is C14H21NO2S. The van der Waals surface area contributed by atoms with Crippen molar-refractivity contribution >= 4 is 15.5 Å². The summed E-state index contributed by atoms with van der Waals surface area (Å²) in [5.74, 6) is 0.548. The van der Waals surface area contributed by atoms with E-state index in [0.717, 1.165) is 25.8 Å². The lowest BCUT2D eigenvalue weighted by Crippen LogP contribution is -2.12. The molecule has 0 saturated heterocycles. The van der Waals surface area contributed by atoms with Crippen molar-refractivity contribution < 1.29 is 8.42 Å². The van der Waals surface area contributed by atoms with Gasteiger partial charge in [0.1, 0.15) is 9.84 Å². The van der Waals surface area contributed by atoms with Gasteiger partial charge in [-0.3, -0.25) is 0 Å². The van der Waals surface area contributed by atoms with Crippen LogP contribution < -0.4 is 5.32 Å². The van der Waals surface area contributed by atoms with Gasteiger partial charge in [0, 0.05) is 18.0 Å². The van der Waals surface area contributed by atoms with Crippen LogP contribution in [0, 0.1) is 0 Å². The number of anilines is 1. The summed E-state index contributed by atoms with van der Waals surface area (Å²) in [6, 6.07) is 6.47. The normalized spacial score (nSPS) is 14.9. The molecule has 0 saturated carbocycles. The molecule has 3 nitrogen and oxygen atoms in total. The molecule has 0 fully saturated rings. The van der Waals surface area contributed by atoms with Gasteiger partial charge in [-0.15, -0.1) is 0 Å². The molecule has 0 atom stereocenters. The molecule has 1 heterocycles. The van der Waals surface area contributed by atoms with E-state index in [1.165, 1.54) is 23.2 Å². The van der Waals surface area contributed by atoms with E-state index in [2.05, 4.69) is 23.5 Å². The van der Waals surface area contributed by atoms with Crippen molar-refractivity contribution in [3.63, 3.8) is 0 Å². The molecule has 1 aromatic carbocycles. The van der Waals surface area contributed by atoms with Gasteiger partial charge < -0.3 is 5.32 Å². The molecule has 0 aliphatic carbocycles. The average molecular weight is 267 g/mol. The summed E-state index contributed by atoms with van der Waals surface area (Å²) in [5.41, 5.74) is 3.85. The topological polar surface area (TPSA) is 46.2 Å². The molecule has 0 radical (unpaired) electrons. The number of benzene rings is 1. The lowest BCUT2D eigenvalue weighted by atomic mass is 10.00. The van der Waals surface area contributed by atoms with E-state index < -0.39 is 9.84 Å². The summed E-state index contributed by atoms with van der Waals surface area (Å²) in [5, 5.41) is 3.40. The van der Waals surface area contributed by atoms with Crippen molar-refractivity contribution in [2.75, 3.05) is 23.4 Å². The molecule has 0 spiro atoms. The van der Waals surface area contributed by atoms with Crippen LogP contribution in [0.15, 0.2) is 18.2 Å². The highest BCUT2D eigenvalue weighted by Crippen LogP contribution is 2.23. The summed E-state index contributed by atoms with van der Waals surface area (Å²) in [6.45, 7) is 2.75. The monoisotopic (exact) mass is 267 g/mol. The number of hydrogen-bond donors (Lipinski definition) is 1. The smallest absolute Gasteiger partial charge is 0.150 e. The number of hydrogen-bond acceptors (Lipinski definition) is 3. The predicted molar refractivity (Wildman–Crippen MR) is 75.9 cm³/mol. The largest absolute Gasteiger partial charge is 0.385 e. The number of nitrogens with one attached hydrogen (secondary N) is 1. The van der Waals surface area contributed by atoms with Crippen molar-refractivity contribution in [3.05, 3.63) is 29.3 Å². The highest BCUT2D eigenvalue weighted by molar-refractivity contribution is 7.91. The molecule has 1 aliphatic heterocycles. The van der Waals surface area contributed by atoms with E-state index in [4.69, 9.17) is 0 Å². The average Bonchev–Trinajstić information content (AvgIpc) is 2.38. The minimum atomic E-state index is -2.82. The highest BCUT2D eigenvalue weighted by Gasteiger charge is 2.10. The lowest BCUT2D eigenvalue weighted by molar-refractivity contribution is 0.594. The SMILES string of the molecule is CCS(=O)(=O)CCCc1ccc2c(c1)NCCC2. The van der Waals surface area contributed by atoms with Crippen molar-refractivity contribution in [1.29, 1.82) is 0 Å². The fourth-order valence-corrected chi connectivity index (χ4v) is 3.18. The minimum Gasteiger partial charge on any atom is -0.385 e. The van der Waals surface area contributed by atoms with Crippen LogP contribution in [0.1, 0.15) is 30.9 Å². The van der Waals surface area contributed by atoms with Crippen molar-refractivity contribution in [2.45, 2.75) is 32.6 Å². The zero-order valence-corrected chi connectivity index (χ0v) is 11.7. The van der Waals surface area contributed by atoms with Crippen LogP contribution in [0.25, 0.3) is 0 Å². The summed E-state index contributed by atoms with van der Waals surface area (Å²) >= 11 is 0. The Hall–Kier alpha value is -1.03.